The summed E-state index contributed by atoms with van der Waals surface area (Å²) < 4.78 is 2.80. The van der Waals surface area contributed by atoms with E-state index in [9.17, 15) is 5.11 Å². The van der Waals surface area contributed by atoms with Crippen LogP contribution in [0.5, 0.6) is 0 Å². The average Bonchev–Trinajstić information content (AvgIpc) is 2.63. The molecular formula is C21H14ClIO. The summed E-state index contributed by atoms with van der Waals surface area (Å²) in [7, 11) is 0. The van der Waals surface area contributed by atoms with Crippen LogP contribution >= 0.6 is 34.2 Å². The molecule has 24 heavy (non-hydrogen) atoms. The van der Waals surface area contributed by atoms with Crippen LogP contribution in [-0.4, -0.2) is 5.11 Å². The average molecular weight is 445 g/mol. The maximum atomic E-state index is 11.2. The van der Waals surface area contributed by atoms with Gasteiger partial charge in [-0.15, -0.1) is 0 Å². The van der Waals surface area contributed by atoms with Crippen molar-refractivity contribution in [2.45, 2.75) is 5.60 Å². The molecule has 0 aliphatic rings. The molecular weight excluding hydrogens is 431 g/mol. The lowest BCUT2D eigenvalue weighted by Crippen LogP contribution is -2.25. The second kappa shape index (κ2) is 7.40. The van der Waals surface area contributed by atoms with Crippen LogP contribution < -0.4 is 0 Å². The second-order valence-electron chi connectivity index (χ2n) is 5.38. The van der Waals surface area contributed by atoms with Crippen molar-refractivity contribution < 1.29 is 5.11 Å². The van der Waals surface area contributed by atoms with E-state index in [1.54, 1.807) is 12.1 Å². The molecule has 1 nitrogen and oxygen atoms in total. The third-order valence-corrected chi connectivity index (χ3v) is 4.39. The summed E-state index contributed by atoms with van der Waals surface area (Å²) in [6.45, 7) is 0. The summed E-state index contributed by atoms with van der Waals surface area (Å²) in [4.78, 5) is 0. The summed E-state index contributed by atoms with van der Waals surface area (Å²) in [6, 6.07) is 25.1. The third-order valence-electron chi connectivity index (χ3n) is 3.88. The van der Waals surface area contributed by atoms with Gasteiger partial charge < -0.3 is 5.11 Å². The maximum Gasteiger partial charge on any atom is 0.177 e. The van der Waals surface area contributed by atoms with E-state index in [4.69, 9.17) is 11.6 Å². The standard InChI is InChI=1S/C21H14ClIO/c22-20-8-4-7-19(15-20)21(24,13-14-23)18-11-9-17(10-12-18)16-5-2-1-3-6-16/h1-12,15,24H. The van der Waals surface area contributed by atoms with Crippen molar-refractivity contribution in [3.8, 4) is 21.0 Å². The van der Waals surface area contributed by atoms with Crippen molar-refractivity contribution in [2.24, 2.45) is 0 Å². The summed E-state index contributed by atoms with van der Waals surface area (Å²) in [5.41, 5.74) is 2.21. The van der Waals surface area contributed by atoms with Crippen LogP contribution in [0.2, 0.25) is 5.02 Å². The van der Waals surface area contributed by atoms with Gasteiger partial charge in [0.2, 0.25) is 0 Å². The fourth-order valence-electron chi connectivity index (χ4n) is 2.63. The Labute approximate surface area is 160 Å². The number of aliphatic hydroxyl groups is 1. The largest absolute Gasteiger partial charge is 0.369 e. The van der Waals surface area contributed by atoms with Gasteiger partial charge in [0.1, 0.15) is 0 Å². The SMILES string of the molecule is OC(C#CI)(c1ccc(-c2ccccc2)cc1)c1cccc(Cl)c1. The molecule has 0 bridgehead atoms. The number of rotatable bonds is 3. The monoisotopic (exact) mass is 444 g/mol. The molecule has 118 valence electrons. The van der Waals surface area contributed by atoms with Gasteiger partial charge in [-0.2, -0.15) is 0 Å². The van der Waals surface area contributed by atoms with Gasteiger partial charge in [0, 0.05) is 38.7 Å². The van der Waals surface area contributed by atoms with E-state index in [-0.39, 0.29) is 0 Å². The number of halogens is 2. The molecule has 1 atom stereocenters. The molecule has 1 N–H and O–H groups in total. The van der Waals surface area contributed by atoms with Gasteiger partial charge in [0.25, 0.3) is 0 Å². The zero-order valence-corrected chi connectivity index (χ0v) is 15.6. The smallest absolute Gasteiger partial charge is 0.177 e. The fraction of sp³-hybridized carbons (Fsp3) is 0.0476. The van der Waals surface area contributed by atoms with E-state index < -0.39 is 5.60 Å². The number of benzene rings is 3. The Morgan fingerprint density at radius 2 is 1.46 bits per heavy atom. The lowest BCUT2D eigenvalue weighted by molar-refractivity contribution is 0.145. The zero-order valence-electron chi connectivity index (χ0n) is 12.7. The van der Waals surface area contributed by atoms with Crippen molar-refractivity contribution in [1.82, 2.24) is 0 Å². The molecule has 3 aromatic rings. The van der Waals surface area contributed by atoms with Crippen molar-refractivity contribution >= 4 is 34.2 Å². The Morgan fingerprint density at radius 1 is 0.792 bits per heavy atom. The topological polar surface area (TPSA) is 20.2 Å². The molecule has 1 unspecified atom stereocenters. The van der Waals surface area contributed by atoms with Crippen LogP contribution in [0.25, 0.3) is 11.1 Å². The minimum atomic E-state index is -1.39. The minimum absolute atomic E-state index is 0.571. The van der Waals surface area contributed by atoms with Crippen LogP contribution in [0.4, 0.5) is 0 Å². The lowest BCUT2D eigenvalue weighted by Gasteiger charge is -2.24. The molecule has 3 heteroatoms. The lowest BCUT2D eigenvalue weighted by atomic mass is 9.86. The first-order valence-electron chi connectivity index (χ1n) is 7.40. The van der Waals surface area contributed by atoms with Crippen molar-refractivity contribution in [3.05, 3.63) is 95.0 Å². The van der Waals surface area contributed by atoms with E-state index in [0.717, 1.165) is 11.1 Å². The molecule has 0 heterocycles. The van der Waals surface area contributed by atoms with Gasteiger partial charge in [-0.1, -0.05) is 78.3 Å². The summed E-state index contributed by atoms with van der Waals surface area (Å²) in [5, 5.41) is 11.8. The van der Waals surface area contributed by atoms with Crippen LogP contribution in [0.15, 0.2) is 78.9 Å². The van der Waals surface area contributed by atoms with Gasteiger partial charge in [-0.25, -0.2) is 0 Å². The molecule has 0 aromatic heterocycles. The van der Waals surface area contributed by atoms with E-state index >= 15 is 0 Å². The highest BCUT2D eigenvalue weighted by Gasteiger charge is 2.29. The van der Waals surface area contributed by atoms with Crippen LogP contribution in [0.1, 0.15) is 11.1 Å². The highest BCUT2D eigenvalue weighted by molar-refractivity contribution is 14.1. The van der Waals surface area contributed by atoms with Crippen LogP contribution in [0.3, 0.4) is 0 Å². The first kappa shape index (κ1) is 17.0. The van der Waals surface area contributed by atoms with Gasteiger partial charge in [-0.3, -0.25) is 0 Å². The molecule has 0 fully saturated rings. The van der Waals surface area contributed by atoms with Crippen molar-refractivity contribution in [1.29, 1.82) is 0 Å². The molecule has 0 aliphatic carbocycles. The maximum absolute atomic E-state index is 11.2. The molecule has 0 spiro atoms. The zero-order chi connectivity index (χ0) is 17.0. The first-order valence-corrected chi connectivity index (χ1v) is 8.86. The van der Waals surface area contributed by atoms with Crippen molar-refractivity contribution in [2.75, 3.05) is 0 Å². The molecule has 0 aliphatic heterocycles. The van der Waals surface area contributed by atoms with Gasteiger partial charge in [0.05, 0.1) is 0 Å². The van der Waals surface area contributed by atoms with Crippen LogP contribution in [-0.2, 0) is 5.60 Å². The normalized spacial score (nSPS) is 12.8. The van der Waals surface area contributed by atoms with E-state index in [1.165, 1.54) is 0 Å². The molecule has 3 aromatic carbocycles. The van der Waals surface area contributed by atoms with Gasteiger partial charge in [-0.05, 0) is 33.1 Å². The Hall–Kier alpha value is -1.80. The Balaban J connectivity index is 2.05. The van der Waals surface area contributed by atoms with Crippen molar-refractivity contribution in [3.63, 3.8) is 0 Å². The van der Waals surface area contributed by atoms with Gasteiger partial charge >= 0.3 is 0 Å². The second-order valence-corrected chi connectivity index (χ2v) is 6.36. The highest BCUT2D eigenvalue weighted by atomic mass is 127. The van der Waals surface area contributed by atoms with E-state index in [1.807, 2.05) is 77.2 Å². The minimum Gasteiger partial charge on any atom is -0.369 e. The molecule has 0 saturated heterocycles. The first-order chi connectivity index (χ1) is 11.6. The van der Waals surface area contributed by atoms with Gasteiger partial charge in [0.15, 0.2) is 5.60 Å². The Bertz CT molecular complexity index is 894. The Morgan fingerprint density at radius 3 is 2.08 bits per heavy atom. The van der Waals surface area contributed by atoms with E-state index in [0.29, 0.717) is 16.1 Å². The summed E-state index contributed by atoms with van der Waals surface area (Å²) in [6.07, 6.45) is 0. The summed E-state index contributed by atoms with van der Waals surface area (Å²) in [5.74, 6) is 2.91. The van der Waals surface area contributed by atoms with Crippen LogP contribution in [0, 0.1) is 9.85 Å². The summed E-state index contributed by atoms with van der Waals surface area (Å²) >= 11 is 8.02. The fourth-order valence-corrected chi connectivity index (χ4v) is 3.21. The predicted molar refractivity (Wildman–Crippen MR) is 108 cm³/mol. The molecule has 0 radical (unpaired) electrons. The van der Waals surface area contributed by atoms with E-state index in [2.05, 4.69) is 22.0 Å². The predicted octanol–water partition coefficient (Wildman–Crippen LogP) is 5.64. The molecule has 0 amide bonds. The number of hydrogen-bond acceptors (Lipinski definition) is 1. The Kier molecular flexibility index (Phi) is 5.25. The third kappa shape index (κ3) is 3.49. The quantitative estimate of drug-likeness (QED) is 0.409. The number of hydrogen-bond donors (Lipinski definition) is 1. The highest BCUT2D eigenvalue weighted by Crippen LogP contribution is 2.32. The molecule has 0 saturated carbocycles. The molecule has 3 rings (SSSR count).